The highest BCUT2D eigenvalue weighted by molar-refractivity contribution is 7.98. The molecule has 2 aromatic rings. The monoisotopic (exact) mass is 324 g/mol. The number of nitrogens with two attached hydrogens (primary N) is 1. The quantitative estimate of drug-likeness (QED) is 0.780. The van der Waals surface area contributed by atoms with E-state index in [9.17, 15) is 0 Å². The van der Waals surface area contributed by atoms with Crippen LogP contribution in [0.1, 0.15) is 38.7 Å². The van der Waals surface area contributed by atoms with Crippen molar-refractivity contribution in [2.45, 2.75) is 42.9 Å². The van der Waals surface area contributed by atoms with Crippen molar-refractivity contribution in [3.05, 3.63) is 47.5 Å². The van der Waals surface area contributed by atoms with Gasteiger partial charge in [-0.3, -0.25) is 5.14 Å². The van der Waals surface area contributed by atoms with Crippen molar-refractivity contribution in [1.82, 2.24) is 4.98 Å². The predicted molar refractivity (Wildman–Crippen MR) is 92.6 cm³/mol. The van der Waals surface area contributed by atoms with Crippen molar-refractivity contribution < 1.29 is 5.11 Å². The second-order valence-electron chi connectivity index (χ2n) is 4.74. The Kier molecular flexibility index (Phi) is 8.61. The maximum Gasteiger partial charge on any atom is 0.164 e. The molecule has 2 rings (SSSR count). The van der Waals surface area contributed by atoms with E-state index in [-0.39, 0.29) is 12.0 Å². The van der Waals surface area contributed by atoms with Crippen LogP contribution in [-0.2, 0) is 5.41 Å². The van der Waals surface area contributed by atoms with Crippen LogP contribution in [0.15, 0.2) is 46.2 Å². The molecule has 0 unspecified atom stereocenters. The number of hydrogen-bond donors (Lipinski definition) is 2. The van der Waals surface area contributed by atoms with Gasteiger partial charge in [-0.1, -0.05) is 44.2 Å². The molecule has 116 valence electrons. The van der Waals surface area contributed by atoms with Gasteiger partial charge in [0.1, 0.15) is 0 Å². The highest BCUT2D eigenvalue weighted by Gasteiger charge is 2.27. The standard InChI is InChI=1S/C13H20O.C3H4N2S2/c1-3-13(4-2,10-11-14)12-8-6-5-7-9-12;4-7-3-5-1-2-6-3/h5-9,14H,3-4,10-11H2,1-2H3;1-2H,4H2. The Morgan fingerprint density at radius 1 is 1.24 bits per heavy atom. The number of benzene rings is 1. The first-order valence-electron chi connectivity index (χ1n) is 7.15. The van der Waals surface area contributed by atoms with Gasteiger partial charge in [-0.2, -0.15) is 0 Å². The third-order valence-electron chi connectivity index (χ3n) is 3.84. The summed E-state index contributed by atoms with van der Waals surface area (Å²) >= 11 is 2.73. The smallest absolute Gasteiger partial charge is 0.164 e. The summed E-state index contributed by atoms with van der Waals surface area (Å²) in [5, 5.41) is 16.2. The zero-order chi connectivity index (χ0) is 15.6. The summed E-state index contributed by atoms with van der Waals surface area (Å²) in [6, 6.07) is 10.5. The number of rotatable bonds is 6. The largest absolute Gasteiger partial charge is 0.396 e. The van der Waals surface area contributed by atoms with Crippen molar-refractivity contribution in [2.24, 2.45) is 5.14 Å². The number of thiazole rings is 1. The lowest BCUT2D eigenvalue weighted by Gasteiger charge is -2.31. The van der Waals surface area contributed by atoms with E-state index in [1.807, 2.05) is 11.4 Å². The van der Waals surface area contributed by atoms with Crippen LogP contribution in [0.4, 0.5) is 0 Å². The van der Waals surface area contributed by atoms with Gasteiger partial charge in [-0.25, -0.2) is 4.98 Å². The Labute approximate surface area is 135 Å². The van der Waals surface area contributed by atoms with Gasteiger partial charge >= 0.3 is 0 Å². The highest BCUT2D eigenvalue weighted by atomic mass is 32.2. The molecule has 0 aliphatic heterocycles. The molecule has 0 aliphatic carbocycles. The van der Waals surface area contributed by atoms with Gasteiger partial charge in [-0.15, -0.1) is 11.3 Å². The van der Waals surface area contributed by atoms with Crippen LogP contribution >= 0.6 is 23.3 Å². The number of aliphatic hydroxyl groups is 1. The minimum absolute atomic E-state index is 0.177. The lowest BCUT2D eigenvalue weighted by molar-refractivity contribution is 0.227. The molecule has 3 N–H and O–H groups in total. The SMILES string of the molecule is CCC(CC)(CCO)c1ccccc1.NSc1nccs1. The highest BCUT2D eigenvalue weighted by Crippen LogP contribution is 2.34. The maximum absolute atomic E-state index is 9.13. The van der Waals surface area contributed by atoms with Crippen LogP contribution in [0.25, 0.3) is 0 Å². The minimum atomic E-state index is 0.177. The first-order valence-corrected chi connectivity index (χ1v) is 8.91. The molecule has 0 radical (unpaired) electrons. The zero-order valence-corrected chi connectivity index (χ0v) is 14.3. The number of nitrogens with zero attached hydrogens (tertiary/aromatic N) is 1. The summed E-state index contributed by atoms with van der Waals surface area (Å²) in [5.41, 5.74) is 1.54. The molecule has 1 aromatic carbocycles. The van der Waals surface area contributed by atoms with Crippen molar-refractivity contribution in [3.8, 4) is 0 Å². The van der Waals surface area contributed by atoms with E-state index >= 15 is 0 Å². The van der Waals surface area contributed by atoms with E-state index < -0.39 is 0 Å². The van der Waals surface area contributed by atoms with E-state index in [2.05, 4.69) is 43.1 Å². The molecule has 1 heterocycles. The van der Waals surface area contributed by atoms with E-state index in [1.54, 1.807) is 17.5 Å². The van der Waals surface area contributed by atoms with Crippen LogP contribution < -0.4 is 5.14 Å². The van der Waals surface area contributed by atoms with Gasteiger partial charge in [0.15, 0.2) is 4.34 Å². The van der Waals surface area contributed by atoms with Crippen LogP contribution in [0.2, 0.25) is 0 Å². The first kappa shape index (κ1) is 18.2. The van der Waals surface area contributed by atoms with E-state index in [4.69, 9.17) is 10.2 Å². The molecule has 0 atom stereocenters. The molecule has 0 saturated heterocycles. The Morgan fingerprint density at radius 3 is 2.29 bits per heavy atom. The van der Waals surface area contributed by atoms with Gasteiger partial charge in [0.05, 0.1) is 0 Å². The third-order valence-corrected chi connectivity index (χ3v) is 5.29. The molecule has 1 aromatic heterocycles. The fourth-order valence-corrected chi connectivity index (χ4v) is 3.30. The summed E-state index contributed by atoms with van der Waals surface area (Å²) in [4.78, 5) is 3.89. The summed E-state index contributed by atoms with van der Waals surface area (Å²) in [5.74, 6) is 0. The molecule has 5 heteroatoms. The molecule has 3 nitrogen and oxygen atoms in total. The lowest BCUT2D eigenvalue weighted by atomic mass is 9.73. The van der Waals surface area contributed by atoms with Crippen molar-refractivity contribution >= 4 is 23.3 Å². The van der Waals surface area contributed by atoms with Gasteiger partial charge in [0.2, 0.25) is 0 Å². The van der Waals surface area contributed by atoms with Crippen LogP contribution in [0.5, 0.6) is 0 Å². The van der Waals surface area contributed by atoms with Gasteiger partial charge < -0.3 is 5.11 Å². The average Bonchev–Trinajstić information content (AvgIpc) is 3.08. The summed E-state index contributed by atoms with van der Waals surface area (Å²) < 4.78 is 0.917. The summed E-state index contributed by atoms with van der Waals surface area (Å²) in [7, 11) is 0. The molecule has 0 bridgehead atoms. The normalized spacial score (nSPS) is 10.9. The van der Waals surface area contributed by atoms with Gasteiger partial charge in [0.25, 0.3) is 0 Å². The fraction of sp³-hybridized carbons (Fsp3) is 0.438. The van der Waals surface area contributed by atoms with E-state index in [0.29, 0.717) is 0 Å². The van der Waals surface area contributed by atoms with Crippen molar-refractivity contribution in [2.75, 3.05) is 6.61 Å². The topological polar surface area (TPSA) is 59.1 Å². The van der Waals surface area contributed by atoms with E-state index in [1.165, 1.54) is 17.5 Å². The Balaban J connectivity index is 0.000000262. The average molecular weight is 325 g/mol. The van der Waals surface area contributed by atoms with Crippen LogP contribution in [-0.4, -0.2) is 16.7 Å². The minimum Gasteiger partial charge on any atom is -0.396 e. The zero-order valence-electron chi connectivity index (χ0n) is 12.7. The van der Waals surface area contributed by atoms with Crippen LogP contribution in [0.3, 0.4) is 0 Å². The Morgan fingerprint density at radius 2 is 1.90 bits per heavy atom. The molecule has 0 spiro atoms. The number of hydrogen-bond acceptors (Lipinski definition) is 5. The molecule has 21 heavy (non-hydrogen) atoms. The molecule has 0 saturated carbocycles. The number of aromatic nitrogens is 1. The van der Waals surface area contributed by atoms with Gasteiger partial charge in [0, 0.05) is 18.2 Å². The lowest BCUT2D eigenvalue weighted by Crippen LogP contribution is -2.25. The van der Waals surface area contributed by atoms with Gasteiger partial charge in [-0.05, 0) is 42.2 Å². The Bertz CT molecular complexity index is 470. The van der Waals surface area contributed by atoms with E-state index in [0.717, 1.165) is 23.6 Å². The molecule has 0 fully saturated rings. The predicted octanol–water partition coefficient (Wildman–Crippen LogP) is 4.24. The first-order chi connectivity index (χ1) is 10.2. The second kappa shape index (κ2) is 9.95. The molecule has 0 amide bonds. The van der Waals surface area contributed by atoms with Crippen molar-refractivity contribution in [1.29, 1.82) is 0 Å². The number of aliphatic hydroxyl groups excluding tert-OH is 1. The van der Waals surface area contributed by atoms with Crippen molar-refractivity contribution in [3.63, 3.8) is 0 Å². The fourth-order valence-electron chi connectivity index (χ4n) is 2.43. The summed E-state index contributed by atoms with van der Waals surface area (Å²) in [6.07, 6.45) is 4.78. The Hall–Kier alpha value is -0.880. The summed E-state index contributed by atoms with van der Waals surface area (Å²) in [6.45, 7) is 4.68. The second-order valence-corrected chi connectivity index (χ2v) is 6.52. The molecule has 0 aliphatic rings. The molecular weight excluding hydrogens is 300 g/mol. The third kappa shape index (κ3) is 5.43. The van der Waals surface area contributed by atoms with Crippen LogP contribution in [0, 0.1) is 0 Å². The maximum atomic E-state index is 9.13. The molecular formula is C16H24N2OS2.